The van der Waals surface area contributed by atoms with E-state index in [1.165, 1.54) is 4.90 Å². The van der Waals surface area contributed by atoms with E-state index in [0.29, 0.717) is 11.6 Å². The molecule has 24 heavy (non-hydrogen) atoms. The normalized spacial score (nSPS) is 10.3. The molecule has 1 aromatic carbocycles. The Morgan fingerprint density at radius 3 is 2.67 bits per heavy atom. The molecule has 2 N–H and O–H groups in total. The van der Waals surface area contributed by atoms with E-state index in [4.69, 9.17) is 5.11 Å². The number of aromatic nitrogens is 3. The number of benzene rings is 1. The summed E-state index contributed by atoms with van der Waals surface area (Å²) in [6, 6.07) is 6.77. The minimum atomic E-state index is -0.945. The van der Waals surface area contributed by atoms with Crippen LogP contribution in [0.25, 0.3) is 5.69 Å². The van der Waals surface area contributed by atoms with E-state index in [2.05, 4.69) is 15.4 Å². The van der Waals surface area contributed by atoms with Crippen LogP contribution >= 0.6 is 0 Å². The topological polar surface area (TPSA) is 104 Å². The molecule has 1 heterocycles. The third-order valence-corrected chi connectivity index (χ3v) is 3.25. The third-order valence-electron chi connectivity index (χ3n) is 3.25. The number of hydrogen-bond donors (Lipinski definition) is 2. The molecule has 2 amide bonds. The van der Waals surface area contributed by atoms with Gasteiger partial charge in [-0.05, 0) is 18.2 Å². The third kappa shape index (κ3) is 4.45. The second-order valence-corrected chi connectivity index (χ2v) is 5.43. The number of nitrogens with one attached hydrogen (secondary N) is 1. The predicted molar refractivity (Wildman–Crippen MR) is 89.6 cm³/mol. The van der Waals surface area contributed by atoms with Crippen LogP contribution in [0.15, 0.2) is 30.6 Å². The van der Waals surface area contributed by atoms with Gasteiger partial charge in [0.15, 0.2) is 0 Å². The first-order chi connectivity index (χ1) is 11.4. The minimum absolute atomic E-state index is 0.101. The lowest BCUT2D eigenvalue weighted by atomic mass is 10.3. The SMILES string of the molecule is CN(CCC(=O)O)C(=O)Nc1cccc(-n2cnc(N(C)C)n2)c1. The maximum Gasteiger partial charge on any atom is 0.321 e. The fraction of sp³-hybridized carbons (Fsp3) is 0.333. The Morgan fingerprint density at radius 1 is 1.29 bits per heavy atom. The highest BCUT2D eigenvalue weighted by atomic mass is 16.4. The number of hydrogen-bond acceptors (Lipinski definition) is 5. The second-order valence-electron chi connectivity index (χ2n) is 5.43. The van der Waals surface area contributed by atoms with Crippen molar-refractivity contribution in [2.24, 2.45) is 0 Å². The summed E-state index contributed by atoms with van der Waals surface area (Å²) in [6.07, 6.45) is 1.49. The molecule has 0 aliphatic rings. The molecule has 0 radical (unpaired) electrons. The van der Waals surface area contributed by atoms with Crippen molar-refractivity contribution < 1.29 is 14.7 Å². The fourth-order valence-electron chi connectivity index (χ4n) is 1.89. The number of carboxylic acids is 1. The average Bonchev–Trinajstić information content (AvgIpc) is 3.03. The Labute approximate surface area is 139 Å². The van der Waals surface area contributed by atoms with Gasteiger partial charge in [0.05, 0.1) is 12.1 Å². The first-order valence-electron chi connectivity index (χ1n) is 7.30. The number of carboxylic acid groups (broad SMARTS) is 1. The number of carbonyl (C=O) groups is 2. The van der Waals surface area contributed by atoms with Crippen molar-refractivity contribution in [2.75, 3.05) is 37.9 Å². The van der Waals surface area contributed by atoms with E-state index in [0.717, 1.165) is 5.69 Å². The van der Waals surface area contributed by atoms with Crippen LogP contribution in [0.2, 0.25) is 0 Å². The van der Waals surface area contributed by atoms with Gasteiger partial charge in [0.25, 0.3) is 0 Å². The largest absolute Gasteiger partial charge is 0.481 e. The molecule has 0 unspecified atom stereocenters. The Kier molecular flexibility index (Phi) is 5.35. The summed E-state index contributed by atoms with van der Waals surface area (Å²) < 4.78 is 1.61. The first kappa shape index (κ1) is 17.3. The Morgan fingerprint density at radius 2 is 2.04 bits per heavy atom. The van der Waals surface area contributed by atoms with Crippen molar-refractivity contribution in [3.63, 3.8) is 0 Å². The molecule has 0 atom stereocenters. The van der Waals surface area contributed by atoms with Gasteiger partial charge in [-0.15, -0.1) is 5.10 Å². The standard InChI is InChI=1S/C15H20N6O3/c1-19(2)14-16-10-21(18-14)12-6-4-5-11(9-12)17-15(24)20(3)8-7-13(22)23/h4-6,9-10H,7-8H2,1-3H3,(H,17,24)(H,22,23). The van der Waals surface area contributed by atoms with Gasteiger partial charge in [-0.25, -0.2) is 9.48 Å². The second kappa shape index (κ2) is 7.44. The lowest BCUT2D eigenvalue weighted by Gasteiger charge is -2.17. The highest BCUT2D eigenvalue weighted by Gasteiger charge is 2.11. The van der Waals surface area contributed by atoms with Crippen molar-refractivity contribution in [3.8, 4) is 5.69 Å². The molecule has 0 saturated heterocycles. The zero-order chi connectivity index (χ0) is 17.7. The lowest BCUT2D eigenvalue weighted by Crippen LogP contribution is -2.33. The number of anilines is 2. The maximum absolute atomic E-state index is 12.0. The number of amides is 2. The first-order valence-corrected chi connectivity index (χ1v) is 7.30. The fourth-order valence-corrected chi connectivity index (χ4v) is 1.89. The van der Waals surface area contributed by atoms with Crippen LogP contribution in [0.5, 0.6) is 0 Å². The van der Waals surface area contributed by atoms with Crippen molar-refractivity contribution in [1.29, 1.82) is 0 Å². The maximum atomic E-state index is 12.0. The van der Waals surface area contributed by atoms with Gasteiger partial charge in [-0.1, -0.05) is 6.07 Å². The summed E-state index contributed by atoms with van der Waals surface area (Å²) in [4.78, 5) is 29.9. The van der Waals surface area contributed by atoms with E-state index < -0.39 is 5.97 Å². The number of carbonyl (C=O) groups excluding carboxylic acids is 1. The zero-order valence-electron chi connectivity index (χ0n) is 13.8. The average molecular weight is 332 g/mol. The van der Waals surface area contributed by atoms with Gasteiger partial charge < -0.3 is 20.2 Å². The van der Waals surface area contributed by atoms with Crippen molar-refractivity contribution in [3.05, 3.63) is 30.6 Å². The van der Waals surface area contributed by atoms with E-state index >= 15 is 0 Å². The van der Waals surface area contributed by atoms with Crippen LogP contribution in [0, 0.1) is 0 Å². The Balaban J connectivity index is 2.06. The Hall–Kier alpha value is -3.10. The van der Waals surface area contributed by atoms with Gasteiger partial charge in [0.2, 0.25) is 5.95 Å². The number of urea groups is 1. The highest BCUT2D eigenvalue weighted by molar-refractivity contribution is 5.89. The number of nitrogens with zero attached hydrogens (tertiary/aromatic N) is 5. The van der Waals surface area contributed by atoms with Gasteiger partial charge in [0, 0.05) is 33.4 Å². The lowest BCUT2D eigenvalue weighted by molar-refractivity contribution is -0.137. The smallest absolute Gasteiger partial charge is 0.321 e. The molecule has 0 fully saturated rings. The molecule has 0 bridgehead atoms. The molecule has 2 aromatic rings. The molecule has 0 spiro atoms. The van der Waals surface area contributed by atoms with Crippen LogP contribution in [0.3, 0.4) is 0 Å². The molecular formula is C15H20N6O3. The monoisotopic (exact) mass is 332 g/mol. The van der Waals surface area contributed by atoms with Crippen LogP contribution in [0.1, 0.15) is 6.42 Å². The van der Waals surface area contributed by atoms with Gasteiger partial charge in [-0.2, -0.15) is 4.98 Å². The molecule has 1 aromatic heterocycles. The van der Waals surface area contributed by atoms with E-state index in [1.54, 1.807) is 41.2 Å². The van der Waals surface area contributed by atoms with Gasteiger partial charge in [-0.3, -0.25) is 4.79 Å². The van der Waals surface area contributed by atoms with Crippen molar-refractivity contribution in [2.45, 2.75) is 6.42 Å². The van der Waals surface area contributed by atoms with E-state index in [9.17, 15) is 9.59 Å². The van der Waals surface area contributed by atoms with Crippen LogP contribution in [0.4, 0.5) is 16.4 Å². The molecule has 128 valence electrons. The predicted octanol–water partition coefficient (Wildman–Crippen LogP) is 1.27. The molecule has 0 aliphatic carbocycles. The summed E-state index contributed by atoms with van der Waals surface area (Å²) in [5.41, 5.74) is 1.34. The summed E-state index contributed by atoms with van der Waals surface area (Å²) in [5.74, 6) is -0.364. The van der Waals surface area contributed by atoms with Crippen molar-refractivity contribution in [1.82, 2.24) is 19.7 Å². The quantitative estimate of drug-likeness (QED) is 0.826. The van der Waals surface area contributed by atoms with Crippen LogP contribution in [-0.2, 0) is 4.79 Å². The number of rotatable bonds is 6. The molecule has 9 heteroatoms. The molecule has 0 saturated carbocycles. The van der Waals surface area contributed by atoms with Gasteiger partial charge >= 0.3 is 12.0 Å². The summed E-state index contributed by atoms with van der Waals surface area (Å²) >= 11 is 0. The zero-order valence-corrected chi connectivity index (χ0v) is 13.8. The van der Waals surface area contributed by atoms with Gasteiger partial charge in [0.1, 0.15) is 6.33 Å². The molecule has 0 aliphatic heterocycles. The van der Waals surface area contributed by atoms with E-state index in [1.807, 2.05) is 20.2 Å². The molecular weight excluding hydrogens is 312 g/mol. The minimum Gasteiger partial charge on any atom is -0.481 e. The van der Waals surface area contributed by atoms with Crippen LogP contribution in [-0.4, -0.2) is 64.5 Å². The summed E-state index contributed by atoms with van der Waals surface area (Å²) in [6.45, 7) is 0.135. The molecule has 9 nitrogen and oxygen atoms in total. The molecule has 2 rings (SSSR count). The summed E-state index contributed by atoms with van der Waals surface area (Å²) in [7, 11) is 5.25. The van der Waals surface area contributed by atoms with Crippen LogP contribution < -0.4 is 10.2 Å². The number of aliphatic carboxylic acids is 1. The van der Waals surface area contributed by atoms with E-state index in [-0.39, 0.29) is 19.0 Å². The Bertz CT molecular complexity index is 728. The van der Waals surface area contributed by atoms with Crippen molar-refractivity contribution >= 4 is 23.6 Å². The highest BCUT2D eigenvalue weighted by Crippen LogP contribution is 2.15. The summed E-state index contributed by atoms with van der Waals surface area (Å²) in [5, 5.41) is 15.7.